The molecular weight excluding hydrogens is 560 g/mol. The molecule has 5 rings (SSSR count). The summed E-state index contributed by atoms with van der Waals surface area (Å²) in [6, 6.07) is 14.2. The number of rotatable bonds is 6. The van der Waals surface area contributed by atoms with E-state index in [1.54, 1.807) is 55.8 Å². The predicted molar refractivity (Wildman–Crippen MR) is 160 cm³/mol. The number of nitrogens with one attached hydrogen (secondary N) is 1. The maximum absolute atomic E-state index is 12.8. The Hall–Kier alpha value is -4.31. The van der Waals surface area contributed by atoms with E-state index >= 15 is 0 Å². The number of aryl methyl sites for hydroxylation is 1. The van der Waals surface area contributed by atoms with Crippen molar-refractivity contribution in [2.45, 2.75) is 45.7 Å². The highest BCUT2D eigenvalue weighted by Gasteiger charge is 2.27. The van der Waals surface area contributed by atoms with Gasteiger partial charge in [0.25, 0.3) is 0 Å². The lowest BCUT2D eigenvalue weighted by molar-refractivity contribution is 0.231. The average Bonchev–Trinajstić information content (AvgIpc) is 3.72. The molecule has 0 radical (unpaired) electrons. The van der Waals surface area contributed by atoms with Gasteiger partial charge in [0.2, 0.25) is 6.08 Å². The van der Waals surface area contributed by atoms with E-state index in [4.69, 9.17) is 4.98 Å². The minimum atomic E-state index is -0.684. The highest BCUT2D eigenvalue weighted by Crippen LogP contribution is 2.31. The van der Waals surface area contributed by atoms with Gasteiger partial charge in [0.15, 0.2) is 0 Å². The average molecular weight is 589 g/mol. The van der Waals surface area contributed by atoms with E-state index in [9.17, 15) is 14.0 Å². The van der Waals surface area contributed by atoms with Gasteiger partial charge in [-0.15, -0.1) is 22.7 Å². The van der Waals surface area contributed by atoms with Gasteiger partial charge in [0.1, 0.15) is 27.7 Å². The number of isocyanates is 1. The van der Waals surface area contributed by atoms with Crippen LogP contribution in [0.25, 0.3) is 21.1 Å². The van der Waals surface area contributed by atoms with Crippen molar-refractivity contribution >= 4 is 34.8 Å². The van der Waals surface area contributed by atoms with Gasteiger partial charge in [-0.05, 0) is 58.9 Å². The molecule has 0 saturated carbocycles. The van der Waals surface area contributed by atoms with Crippen LogP contribution in [0.15, 0.2) is 83.0 Å². The number of imidazole rings is 1. The number of carbonyl (C=O) groups excluding carboxylic acids is 2. The maximum Gasteiger partial charge on any atom is 0.327 e. The fourth-order valence-electron chi connectivity index (χ4n) is 3.62. The molecule has 2 aromatic carbocycles. The van der Waals surface area contributed by atoms with Crippen molar-refractivity contribution < 1.29 is 14.0 Å². The van der Waals surface area contributed by atoms with E-state index in [0.717, 1.165) is 26.8 Å². The lowest BCUT2D eigenvalue weighted by atomic mass is 10.0. The van der Waals surface area contributed by atoms with E-state index < -0.39 is 11.1 Å². The molecule has 5 aromatic rings. The van der Waals surface area contributed by atoms with Crippen molar-refractivity contribution in [2.24, 2.45) is 4.99 Å². The van der Waals surface area contributed by atoms with Crippen LogP contribution in [0.2, 0.25) is 0 Å². The van der Waals surface area contributed by atoms with E-state index in [1.807, 2.05) is 24.6 Å². The molecule has 1 N–H and O–H groups in total. The molecule has 41 heavy (non-hydrogen) atoms. The molecule has 0 unspecified atom stereocenters. The van der Waals surface area contributed by atoms with Crippen molar-refractivity contribution in [2.75, 3.05) is 0 Å². The summed E-state index contributed by atoms with van der Waals surface area (Å²) in [6.45, 7) is 9.53. The minimum Gasteiger partial charge on any atom is -0.327 e. The molecule has 0 aliphatic rings. The first kappa shape index (κ1) is 29.7. The minimum absolute atomic E-state index is 0.225. The Morgan fingerprint density at radius 1 is 0.927 bits per heavy atom. The summed E-state index contributed by atoms with van der Waals surface area (Å²) in [5, 5.41) is 8.54. The normalized spacial score (nSPS) is 11.3. The van der Waals surface area contributed by atoms with Gasteiger partial charge in [0.05, 0.1) is 16.9 Å². The van der Waals surface area contributed by atoms with E-state index in [2.05, 4.69) is 51.5 Å². The van der Waals surface area contributed by atoms with Crippen molar-refractivity contribution in [3.05, 3.63) is 101 Å². The number of aromatic nitrogens is 4. The second-order valence-electron chi connectivity index (χ2n) is 10.2. The zero-order valence-electron chi connectivity index (χ0n) is 23.3. The summed E-state index contributed by atoms with van der Waals surface area (Å²) in [7, 11) is 0. The number of carbonyl (C=O) groups is 1. The van der Waals surface area contributed by atoms with Gasteiger partial charge in [-0.2, -0.15) is 4.99 Å². The smallest absolute Gasteiger partial charge is 0.327 e. The van der Waals surface area contributed by atoms with E-state index in [1.165, 1.54) is 39.9 Å². The van der Waals surface area contributed by atoms with Gasteiger partial charge < -0.3 is 5.32 Å². The Morgan fingerprint density at radius 2 is 1.49 bits per heavy atom. The molecule has 3 heterocycles. The van der Waals surface area contributed by atoms with Crippen molar-refractivity contribution in [3.63, 3.8) is 0 Å². The molecule has 1 amide bonds. The molecule has 0 bridgehead atoms. The number of hydrogen-bond acceptors (Lipinski definition) is 8. The van der Waals surface area contributed by atoms with Gasteiger partial charge in [-0.1, -0.05) is 29.8 Å². The summed E-state index contributed by atoms with van der Waals surface area (Å²) >= 11 is 3.02. The molecule has 3 aromatic heterocycles. The third-order valence-electron chi connectivity index (χ3n) is 6.15. The van der Waals surface area contributed by atoms with E-state index in [-0.39, 0.29) is 11.8 Å². The Balaban J connectivity index is 0.000000195. The summed E-state index contributed by atoms with van der Waals surface area (Å²) < 4.78 is 14.2. The summed E-state index contributed by atoms with van der Waals surface area (Å²) in [6.07, 6.45) is 6.22. The highest BCUT2D eigenvalue weighted by atomic mass is 32.1. The number of nitrogens with zero attached hydrogens (tertiary/aromatic N) is 5. The van der Waals surface area contributed by atoms with Crippen molar-refractivity contribution in [3.8, 4) is 21.1 Å². The number of halogens is 1. The van der Waals surface area contributed by atoms with Crippen LogP contribution in [0, 0.1) is 12.7 Å². The van der Waals surface area contributed by atoms with Crippen LogP contribution in [0.5, 0.6) is 0 Å². The van der Waals surface area contributed by atoms with Gasteiger partial charge in [-0.25, -0.2) is 28.9 Å². The van der Waals surface area contributed by atoms with Crippen LogP contribution < -0.4 is 5.32 Å². The van der Waals surface area contributed by atoms with Crippen LogP contribution in [-0.4, -0.2) is 31.6 Å². The Kier molecular flexibility index (Phi) is 9.02. The first-order chi connectivity index (χ1) is 19.5. The third kappa shape index (κ3) is 7.46. The molecule has 0 saturated heterocycles. The second-order valence-corrected chi connectivity index (χ2v) is 12.0. The molecule has 0 fully saturated rings. The standard InChI is InChI=1S/C17H18N4OS.C13H11FN2OS/c1-12-4-6-13(7-5-12)15-19-14(10-23-15)17(2,3)20-16(22)21-9-8-18-11-21;1-13(2,15-8-17)11-7-18-12(16-11)9-3-5-10(14)6-4-9/h4-11H,1-3H3,(H,20,22);3-7H,1-2H3. The molecule has 8 nitrogen and oxygen atoms in total. The van der Waals surface area contributed by atoms with Crippen LogP contribution >= 0.6 is 22.7 Å². The lowest BCUT2D eigenvalue weighted by Crippen LogP contribution is -2.43. The van der Waals surface area contributed by atoms with Crippen molar-refractivity contribution in [1.29, 1.82) is 0 Å². The van der Waals surface area contributed by atoms with E-state index in [0.29, 0.717) is 5.69 Å². The fraction of sp³-hybridized carbons (Fsp3) is 0.233. The SMILES string of the molecule is CC(C)(N=C=O)c1csc(-c2ccc(F)cc2)n1.Cc1ccc(-c2nc(C(C)(C)NC(=O)n3ccnc3)cs2)cc1. The van der Waals surface area contributed by atoms with Gasteiger partial charge >= 0.3 is 6.03 Å². The fourth-order valence-corrected chi connectivity index (χ4v) is 5.60. The Bertz CT molecular complexity index is 1650. The van der Waals surface area contributed by atoms with Gasteiger partial charge in [0, 0.05) is 34.3 Å². The molecular formula is C30H29FN6O2S2. The van der Waals surface area contributed by atoms with Crippen LogP contribution in [0.4, 0.5) is 9.18 Å². The van der Waals surface area contributed by atoms with Gasteiger partial charge in [-0.3, -0.25) is 4.57 Å². The summed E-state index contributed by atoms with van der Waals surface area (Å²) in [5.74, 6) is -0.276. The number of amides is 1. The number of aliphatic imine (C=N–C) groups is 1. The molecule has 0 aliphatic carbocycles. The Morgan fingerprint density at radius 3 is 2.05 bits per heavy atom. The molecule has 0 spiro atoms. The number of thiazole rings is 2. The topological polar surface area (TPSA) is 102 Å². The maximum atomic E-state index is 12.8. The first-order valence-corrected chi connectivity index (χ1v) is 14.4. The molecule has 0 aliphatic heterocycles. The monoisotopic (exact) mass is 588 g/mol. The highest BCUT2D eigenvalue weighted by molar-refractivity contribution is 7.13. The largest absolute Gasteiger partial charge is 0.327 e. The lowest BCUT2D eigenvalue weighted by Gasteiger charge is -2.24. The second kappa shape index (κ2) is 12.5. The van der Waals surface area contributed by atoms with Crippen LogP contribution in [0.3, 0.4) is 0 Å². The summed E-state index contributed by atoms with van der Waals surface area (Å²) in [5.41, 5.74) is 3.44. The summed E-state index contributed by atoms with van der Waals surface area (Å²) in [4.78, 5) is 39.3. The molecule has 210 valence electrons. The zero-order valence-corrected chi connectivity index (χ0v) is 24.9. The predicted octanol–water partition coefficient (Wildman–Crippen LogP) is 7.33. The molecule has 0 atom stereocenters. The first-order valence-electron chi connectivity index (χ1n) is 12.6. The van der Waals surface area contributed by atoms with Crippen LogP contribution in [-0.2, 0) is 15.9 Å². The molecule has 11 heteroatoms. The third-order valence-corrected chi connectivity index (χ3v) is 7.93. The quantitative estimate of drug-likeness (QED) is 0.165. The number of hydrogen-bond donors (Lipinski definition) is 1. The number of benzene rings is 2. The van der Waals surface area contributed by atoms with Crippen LogP contribution in [0.1, 0.15) is 44.6 Å². The van der Waals surface area contributed by atoms with Crippen molar-refractivity contribution in [1.82, 2.24) is 24.8 Å². The zero-order chi connectivity index (χ0) is 29.6. The Labute approximate surface area is 245 Å².